The van der Waals surface area contributed by atoms with E-state index in [1.54, 1.807) is 38.1 Å². The van der Waals surface area contributed by atoms with Crippen molar-refractivity contribution in [3.05, 3.63) is 35.4 Å². The second-order valence-corrected chi connectivity index (χ2v) is 6.22. The molecule has 0 spiro atoms. The number of imide groups is 1. The van der Waals surface area contributed by atoms with Crippen molar-refractivity contribution in [2.24, 2.45) is 21.5 Å². The summed E-state index contributed by atoms with van der Waals surface area (Å²) in [5.41, 5.74) is 11.5. The quantitative estimate of drug-likeness (QED) is 0.532. The number of guanidine groups is 2. The fraction of sp³-hybridized carbons (Fsp3) is 0.375. The Morgan fingerprint density at radius 2 is 1.69 bits per heavy atom. The second kappa shape index (κ2) is 7.42. The summed E-state index contributed by atoms with van der Waals surface area (Å²) in [6, 6.07) is 6.79. The van der Waals surface area contributed by atoms with Crippen molar-refractivity contribution in [2.45, 2.75) is 25.9 Å². The zero-order valence-electron chi connectivity index (χ0n) is 14.5. The van der Waals surface area contributed by atoms with E-state index in [0.717, 1.165) is 0 Å². The molecule has 9 nitrogen and oxygen atoms in total. The van der Waals surface area contributed by atoms with Gasteiger partial charge >= 0.3 is 0 Å². The molecule has 2 aliphatic heterocycles. The van der Waals surface area contributed by atoms with Gasteiger partial charge in [0.25, 0.3) is 11.8 Å². The van der Waals surface area contributed by atoms with Gasteiger partial charge in [0.15, 0.2) is 5.66 Å². The smallest absolute Gasteiger partial charge is 0.261 e. The van der Waals surface area contributed by atoms with E-state index < -0.39 is 5.66 Å². The number of halogens is 1. The number of nitrogens with zero attached hydrogens (tertiary/aromatic N) is 4. The highest BCUT2D eigenvalue weighted by Crippen LogP contribution is 2.23. The number of amides is 2. The Morgan fingerprint density at radius 3 is 2.23 bits per heavy atom. The number of hydrogen-bond donors (Lipinski definition) is 2. The molecule has 140 valence electrons. The minimum absolute atomic E-state index is 0. The molecule has 2 heterocycles. The van der Waals surface area contributed by atoms with Crippen LogP contribution in [0.25, 0.3) is 0 Å². The van der Waals surface area contributed by atoms with E-state index >= 15 is 0 Å². The van der Waals surface area contributed by atoms with Gasteiger partial charge in [0.05, 0.1) is 17.7 Å². The third-order valence-electron chi connectivity index (χ3n) is 3.95. The number of hydroxylamine groups is 2. The van der Waals surface area contributed by atoms with Gasteiger partial charge in [-0.3, -0.25) is 19.3 Å². The number of benzene rings is 1. The highest BCUT2D eigenvalue weighted by atomic mass is 79.9. The Hall–Kier alpha value is -2.46. The molecule has 3 rings (SSSR count). The summed E-state index contributed by atoms with van der Waals surface area (Å²) in [4.78, 5) is 39.4. The molecule has 2 aliphatic rings. The number of hydrogen-bond acceptors (Lipinski definition) is 8. The lowest BCUT2D eigenvalue weighted by Gasteiger charge is -2.36. The first-order valence-corrected chi connectivity index (χ1v) is 7.89. The van der Waals surface area contributed by atoms with E-state index in [4.69, 9.17) is 16.3 Å². The van der Waals surface area contributed by atoms with Gasteiger partial charge in [-0.2, -0.15) is 10.1 Å². The van der Waals surface area contributed by atoms with Crippen LogP contribution in [0.5, 0.6) is 0 Å². The van der Waals surface area contributed by atoms with Crippen LogP contribution in [-0.4, -0.2) is 52.5 Å². The molecule has 4 N–H and O–H groups in total. The summed E-state index contributed by atoms with van der Waals surface area (Å²) in [5, 5.41) is 1.37. The van der Waals surface area contributed by atoms with Crippen LogP contribution >= 0.6 is 17.0 Å². The molecule has 0 unspecified atom stereocenters. The van der Waals surface area contributed by atoms with Crippen molar-refractivity contribution in [2.75, 3.05) is 13.2 Å². The third kappa shape index (κ3) is 3.56. The minimum atomic E-state index is -0.786. The lowest BCUT2D eigenvalue weighted by molar-refractivity contribution is -0.157. The summed E-state index contributed by atoms with van der Waals surface area (Å²) in [6.07, 6.45) is 0.449. The third-order valence-corrected chi connectivity index (χ3v) is 3.95. The average Bonchev–Trinajstić information content (AvgIpc) is 2.77. The van der Waals surface area contributed by atoms with Crippen LogP contribution in [0.3, 0.4) is 0 Å². The van der Waals surface area contributed by atoms with Crippen LogP contribution in [0, 0.1) is 0 Å². The number of carbonyl (C=O) groups is 2. The molecule has 0 saturated carbocycles. The first kappa shape index (κ1) is 19.9. The van der Waals surface area contributed by atoms with Crippen molar-refractivity contribution in [1.82, 2.24) is 9.96 Å². The number of rotatable bonds is 5. The standard InChI is InChI=1S/C16H20N6O3.BrH/c1-16(2)20-14(17)19-15(18)22(16)25-9-5-8-21-12(23)10-6-3-4-7-11(10)13(21)24;/h3-4,6-7H,5,8-9H2,1-2H3,(H4,17,18,19,20);1H. The van der Waals surface area contributed by atoms with Crippen LogP contribution < -0.4 is 11.5 Å². The van der Waals surface area contributed by atoms with Gasteiger partial charge in [0.2, 0.25) is 11.9 Å². The van der Waals surface area contributed by atoms with Gasteiger partial charge < -0.3 is 11.5 Å². The summed E-state index contributed by atoms with van der Waals surface area (Å²) in [5.74, 6) is -0.360. The number of carbonyl (C=O) groups excluding carboxylic acids is 2. The van der Waals surface area contributed by atoms with Crippen LogP contribution in [0.2, 0.25) is 0 Å². The number of fused-ring (bicyclic) bond motifs is 1. The van der Waals surface area contributed by atoms with Gasteiger partial charge in [-0.25, -0.2) is 4.99 Å². The Balaban J connectivity index is 0.00000243. The van der Waals surface area contributed by atoms with E-state index in [-0.39, 0.29) is 53.9 Å². The van der Waals surface area contributed by atoms with E-state index in [2.05, 4.69) is 9.98 Å². The predicted molar refractivity (Wildman–Crippen MR) is 102 cm³/mol. The minimum Gasteiger partial charge on any atom is -0.368 e. The average molecular weight is 425 g/mol. The highest BCUT2D eigenvalue weighted by molar-refractivity contribution is 8.93. The molecule has 26 heavy (non-hydrogen) atoms. The van der Waals surface area contributed by atoms with Crippen LogP contribution in [0.4, 0.5) is 0 Å². The number of aliphatic imine (C=N–C) groups is 2. The molecular formula is C16H21BrN6O3. The van der Waals surface area contributed by atoms with E-state index in [1.807, 2.05) is 0 Å². The summed E-state index contributed by atoms with van der Waals surface area (Å²) in [6.45, 7) is 4.06. The molecule has 0 aromatic heterocycles. The van der Waals surface area contributed by atoms with Crippen molar-refractivity contribution < 1.29 is 14.4 Å². The van der Waals surface area contributed by atoms with Gasteiger partial charge in [-0.15, -0.1) is 17.0 Å². The van der Waals surface area contributed by atoms with Crippen LogP contribution in [0.15, 0.2) is 34.3 Å². The van der Waals surface area contributed by atoms with E-state index in [0.29, 0.717) is 17.5 Å². The Kier molecular flexibility index (Phi) is 5.67. The van der Waals surface area contributed by atoms with Crippen molar-refractivity contribution >= 4 is 40.7 Å². The summed E-state index contributed by atoms with van der Waals surface area (Å²) >= 11 is 0. The molecule has 1 aromatic carbocycles. The molecule has 0 atom stereocenters. The molecular weight excluding hydrogens is 404 g/mol. The van der Waals surface area contributed by atoms with Gasteiger partial charge in [-0.05, 0) is 32.4 Å². The maximum Gasteiger partial charge on any atom is 0.261 e. The molecule has 0 bridgehead atoms. The monoisotopic (exact) mass is 424 g/mol. The largest absolute Gasteiger partial charge is 0.368 e. The Labute approximate surface area is 161 Å². The molecule has 0 fully saturated rings. The Bertz CT molecular complexity index is 757. The predicted octanol–water partition coefficient (Wildman–Crippen LogP) is 0.863. The molecule has 0 saturated heterocycles. The van der Waals surface area contributed by atoms with Gasteiger partial charge in [-0.1, -0.05) is 12.1 Å². The molecule has 2 amide bonds. The molecule has 0 aliphatic carbocycles. The lowest BCUT2D eigenvalue weighted by atomic mass is 10.1. The zero-order chi connectivity index (χ0) is 18.2. The SMILES string of the molecule is Br.CC1(C)N=C(N)N=C(N)N1OCCCN1C(=O)c2ccccc2C1=O. The normalized spacial score (nSPS) is 18.2. The highest BCUT2D eigenvalue weighted by Gasteiger charge is 2.35. The van der Waals surface area contributed by atoms with Crippen molar-refractivity contribution in [3.8, 4) is 0 Å². The molecule has 10 heteroatoms. The second-order valence-electron chi connectivity index (χ2n) is 6.22. The molecule has 0 radical (unpaired) electrons. The maximum atomic E-state index is 12.3. The Morgan fingerprint density at radius 1 is 1.12 bits per heavy atom. The van der Waals surface area contributed by atoms with Crippen molar-refractivity contribution in [3.63, 3.8) is 0 Å². The van der Waals surface area contributed by atoms with Crippen LogP contribution in [0.1, 0.15) is 41.0 Å². The van der Waals surface area contributed by atoms with E-state index in [9.17, 15) is 9.59 Å². The molecule has 1 aromatic rings. The van der Waals surface area contributed by atoms with Crippen molar-refractivity contribution in [1.29, 1.82) is 0 Å². The van der Waals surface area contributed by atoms with Crippen LogP contribution in [-0.2, 0) is 4.84 Å². The summed E-state index contributed by atoms with van der Waals surface area (Å²) in [7, 11) is 0. The fourth-order valence-corrected chi connectivity index (χ4v) is 2.84. The first-order chi connectivity index (χ1) is 11.8. The van der Waals surface area contributed by atoms with Gasteiger partial charge in [0.1, 0.15) is 0 Å². The summed E-state index contributed by atoms with van der Waals surface area (Å²) < 4.78 is 0. The van der Waals surface area contributed by atoms with E-state index in [1.165, 1.54) is 9.96 Å². The number of nitrogens with two attached hydrogens (primary N) is 2. The maximum absolute atomic E-state index is 12.3. The topological polar surface area (TPSA) is 127 Å². The first-order valence-electron chi connectivity index (χ1n) is 7.89. The zero-order valence-corrected chi connectivity index (χ0v) is 16.2. The lowest BCUT2D eigenvalue weighted by Crippen LogP contribution is -2.53. The van der Waals surface area contributed by atoms with Gasteiger partial charge in [0, 0.05) is 6.54 Å². The fourth-order valence-electron chi connectivity index (χ4n) is 2.84.